The Morgan fingerprint density at radius 1 is 1.21 bits per heavy atom. The van der Waals surface area contributed by atoms with Gasteiger partial charge in [0.25, 0.3) is 11.8 Å². The van der Waals surface area contributed by atoms with Crippen LogP contribution in [0.15, 0.2) is 53.5 Å². The molecule has 0 bridgehead atoms. The van der Waals surface area contributed by atoms with Crippen LogP contribution >= 0.6 is 0 Å². The molecule has 1 unspecified atom stereocenters. The second kappa shape index (κ2) is 8.56. The lowest BCUT2D eigenvalue weighted by molar-refractivity contribution is -0.118. The molecule has 0 radical (unpaired) electrons. The highest BCUT2D eigenvalue weighted by molar-refractivity contribution is 6.39. The molecule has 0 aliphatic carbocycles. The second-order valence-corrected chi connectivity index (χ2v) is 6.55. The molecule has 146 valence electrons. The van der Waals surface area contributed by atoms with Gasteiger partial charge in [-0.05, 0) is 43.2 Å². The summed E-state index contributed by atoms with van der Waals surface area (Å²) >= 11 is 0. The maximum atomic E-state index is 12.7. The van der Waals surface area contributed by atoms with Crippen molar-refractivity contribution in [3.8, 4) is 5.75 Å². The summed E-state index contributed by atoms with van der Waals surface area (Å²) in [5.41, 5.74) is 5.56. The number of aliphatic imine (C=N–C) groups is 1. The fraction of sp³-hybridized carbons (Fsp3) is 0.286. The monoisotopic (exact) mass is 380 g/mol. The quantitative estimate of drug-likeness (QED) is 0.807. The summed E-state index contributed by atoms with van der Waals surface area (Å²) in [5, 5.41) is 4.33. The van der Waals surface area contributed by atoms with Crippen molar-refractivity contribution in [2.45, 2.75) is 26.3 Å². The lowest BCUT2D eigenvalue weighted by Gasteiger charge is -2.28. The topological polar surface area (TPSA) is 83.0 Å². The molecule has 0 fully saturated rings. The van der Waals surface area contributed by atoms with Crippen molar-refractivity contribution in [2.24, 2.45) is 4.99 Å². The van der Waals surface area contributed by atoms with Crippen molar-refractivity contribution in [1.29, 1.82) is 0 Å². The van der Waals surface area contributed by atoms with E-state index < -0.39 is 0 Å². The molecule has 2 N–H and O–H groups in total. The van der Waals surface area contributed by atoms with Gasteiger partial charge in [0.1, 0.15) is 12.3 Å². The predicted molar refractivity (Wildman–Crippen MR) is 108 cm³/mol. The fourth-order valence-corrected chi connectivity index (χ4v) is 2.93. The Hall–Kier alpha value is -3.35. The second-order valence-electron chi connectivity index (χ2n) is 6.55. The van der Waals surface area contributed by atoms with Crippen LogP contribution in [0.25, 0.3) is 0 Å². The maximum Gasteiger partial charge on any atom is 0.288 e. The number of aryl methyl sites for hydroxylation is 1. The van der Waals surface area contributed by atoms with Crippen molar-refractivity contribution >= 4 is 23.3 Å². The standard InChI is InChI=1S/C21H24N4O3/c1-4-18(15-7-11-17(28-3)12-8-15)23-21(27)20-22-13-19(26)25(24-20)16-9-5-14(2)6-10-16/h5-12,18H,4,13H2,1-3H3,(H,22,24)(H,23,27). The summed E-state index contributed by atoms with van der Waals surface area (Å²) in [6.07, 6.45) is 0.714. The van der Waals surface area contributed by atoms with Crippen molar-refractivity contribution in [3.63, 3.8) is 0 Å². The van der Waals surface area contributed by atoms with E-state index in [9.17, 15) is 9.59 Å². The van der Waals surface area contributed by atoms with Crippen LogP contribution in [0.2, 0.25) is 0 Å². The number of hydrogen-bond acceptors (Lipinski definition) is 5. The zero-order valence-electron chi connectivity index (χ0n) is 16.2. The van der Waals surface area contributed by atoms with E-state index in [-0.39, 0.29) is 30.2 Å². The predicted octanol–water partition coefficient (Wildman–Crippen LogP) is 2.52. The molecule has 7 heteroatoms. The first-order valence-corrected chi connectivity index (χ1v) is 9.17. The molecule has 2 amide bonds. The SMILES string of the molecule is CCC(NC(=O)C1=NCC(=O)N(c2ccc(C)cc2)N1)c1ccc(OC)cc1. The Kier molecular flexibility index (Phi) is 5.93. The van der Waals surface area contributed by atoms with Gasteiger partial charge < -0.3 is 10.1 Å². The number of amides is 2. The average Bonchev–Trinajstić information content (AvgIpc) is 2.73. The van der Waals surface area contributed by atoms with Gasteiger partial charge in [-0.3, -0.25) is 20.0 Å². The average molecular weight is 380 g/mol. The smallest absolute Gasteiger partial charge is 0.288 e. The molecule has 28 heavy (non-hydrogen) atoms. The summed E-state index contributed by atoms with van der Waals surface area (Å²) in [7, 11) is 1.61. The van der Waals surface area contributed by atoms with Crippen molar-refractivity contribution < 1.29 is 14.3 Å². The van der Waals surface area contributed by atoms with Crippen LogP contribution in [0.4, 0.5) is 5.69 Å². The van der Waals surface area contributed by atoms with Gasteiger partial charge in [-0.25, -0.2) is 5.01 Å². The Balaban J connectivity index is 1.71. The van der Waals surface area contributed by atoms with E-state index in [1.807, 2.05) is 62.4 Å². The number of nitrogens with one attached hydrogen (secondary N) is 2. The summed E-state index contributed by atoms with van der Waals surface area (Å²) in [4.78, 5) is 29.0. The molecule has 1 aliphatic rings. The number of nitrogens with zero attached hydrogens (tertiary/aromatic N) is 2. The molecule has 2 aromatic carbocycles. The van der Waals surface area contributed by atoms with Crippen molar-refractivity contribution in [1.82, 2.24) is 10.7 Å². The number of amidine groups is 1. The van der Waals surface area contributed by atoms with Crippen LogP contribution in [0.5, 0.6) is 5.75 Å². The van der Waals surface area contributed by atoms with Crippen molar-refractivity contribution in [2.75, 3.05) is 18.7 Å². The molecule has 3 rings (SSSR count). The molecule has 0 spiro atoms. The molecule has 0 saturated carbocycles. The molecule has 1 heterocycles. The number of rotatable bonds is 6. The van der Waals surface area contributed by atoms with Crippen LogP contribution in [-0.2, 0) is 9.59 Å². The molecular formula is C21H24N4O3. The molecule has 2 aromatic rings. The summed E-state index contributed by atoms with van der Waals surface area (Å²) in [5.74, 6) is 0.303. The third-order valence-corrected chi connectivity index (χ3v) is 4.58. The molecule has 1 atom stereocenters. The van der Waals surface area contributed by atoms with Gasteiger partial charge in [-0.15, -0.1) is 0 Å². The van der Waals surface area contributed by atoms with Crippen LogP contribution in [0.3, 0.4) is 0 Å². The van der Waals surface area contributed by atoms with Crippen LogP contribution in [-0.4, -0.2) is 31.3 Å². The molecular weight excluding hydrogens is 356 g/mol. The first-order valence-electron chi connectivity index (χ1n) is 9.17. The van der Waals surface area contributed by atoms with Crippen LogP contribution in [0, 0.1) is 6.92 Å². The summed E-state index contributed by atoms with van der Waals surface area (Å²) in [6.45, 7) is 3.88. The molecule has 0 saturated heterocycles. The van der Waals surface area contributed by atoms with Gasteiger partial charge in [0, 0.05) is 0 Å². The summed E-state index contributed by atoms with van der Waals surface area (Å²) < 4.78 is 5.18. The largest absolute Gasteiger partial charge is 0.497 e. The highest BCUT2D eigenvalue weighted by atomic mass is 16.5. The summed E-state index contributed by atoms with van der Waals surface area (Å²) in [6, 6.07) is 14.9. The first kappa shape index (κ1) is 19.4. The maximum absolute atomic E-state index is 12.7. The first-order chi connectivity index (χ1) is 13.5. The highest BCUT2D eigenvalue weighted by Crippen LogP contribution is 2.20. The Morgan fingerprint density at radius 3 is 2.50 bits per heavy atom. The lowest BCUT2D eigenvalue weighted by Crippen LogP contribution is -2.56. The minimum atomic E-state index is -0.354. The van der Waals surface area contributed by atoms with Gasteiger partial charge in [0.2, 0.25) is 5.84 Å². The molecule has 7 nitrogen and oxygen atoms in total. The van der Waals surface area contributed by atoms with E-state index in [1.165, 1.54) is 5.01 Å². The Morgan fingerprint density at radius 2 is 1.89 bits per heavy atom. The van der Waals surface area contributed by atoms with E-state index in [4.69, 9.17) is 4.74 Å². The highest BCUT2D eigenvalue weighted by Gasteiger charge is 2.26. The number of carbonyl (C=O) groups is 2. The van der Waals surface area contributed by atoms with E-state index in [0.29, 0.717) is 12.1 Å². The zero-order valence-corrected chi connectivity index (χ0v) is 16.2. The van der Waals surface area contributed by atoms with Crippen LogP contribution < -0.4 is 20.5 Å². The zero-order chi connectivity index (χ0) is 20.1. The minimum Gasteiger partial charge on any atom is -0.497 e. The van der Waals surface area contributed by atoms with Crippen LogP contribution in [0.1, 0.15) is 30.5 Å². The van der Waals surface area contributed by atoms with E-state index in [2.05, 4.69) is 15.7 Å². The van der Waals surface area contributed by atoms with Gasteiger partial charge in [0.05, 0.1) is 18.8 Å². The van der Waals surface area contributed by atoms with Crippen molar-refractivity contribution in [3.05, 3.63) is 59.7 Å². The Labute approximate surface area is 164 Å². The van der Waals surface area contributed by atoms with E-state index in [0.717, 1.165) is 16.9 Å². The number of hydrazine groups is 1. The number of ether oxygens (including phenoxy) is 1. The number of methoxy groups -OCH3 is 1. The number of anilines is 1. The molecule has 0 aromatic heterocycles. The number of hydrogen-bond donors (Lipinski definition) is 2. The third-order valence-electron chi connectivity index (χ3n) is 4.58. The van der Waals surface area contributed by atoms with Gasteiger partial charge in [-0.2, -0.15) is 0 Å². The third kappa shape index (κ3) is 4.31. The van der Waals surface area contributed by atoms with Gasteiger partial charge in [0.15, 0.2) is 0 Å². The minimum absolute atomic E-state index is 0.0804. The Bertz CT molecular complexity index is 876. The van der Waals surface area contributed by atoms with Gasteiger partial charge >= 0.3 is 0 Å². The molecule has 1 aliphatic heterocycles. The number of benzene rings is 2. The number of carbonyl (C=O) groups excluding carboxylic acids is 2. The fourth-order valence-electron chi connectivity index (χ4n) is 2.93. The lowest BCUT2D eigenvalue weighted by atomic mass is 10.0. The van der Waals surface area contributed by atoms with E-state index in [1.54, 1.807) is 7.11 Å². The normalized spacial score (nSPS) is 14.8. The van der Waals surface area contributed by atoms with E-state index >= 15 is 0 Å². The van der Waals surface area contributed by atoms with Gasteiger partial charge in [-0.1, -0.05) is 36.8 Å².